The molecule has 2 aliphatic rings. The highest BCUT2D eigenvalue weighted by molar-refractivity contribution is 6.01. The highest BCUT2D eigenvalue weighted by atomic mass is 16.5. The van der Waals surface area contributed by atoms with Crippen LogP contribution in [0.5, 0.6) is 5.75 Å². The number of carbonyl (C=O) groups is 1. The molecule has 0 aromatic heterocycles. The zero-order valence-corrected chi connectivity index (χ0v) is 10.4. The van der Waals surface area contributed by atoms with Gasteiger partial charge in [0.15, 0.2) is 0 Å². The van der Waals surface area contributed by atoms with E-state index in [0.717, 1.165) is 37.1 Å². The Morgan fingerprint density at radius 1 is 1.28 bits per heavy atom. The molecule has 0 atom stereocenters. The topological polar surface area (TPSA) is 55.6 Å². The van der Waals surface area contributed by atoms with E-state index in [1.165, 1.54) is 0 Å². The third-order valence-electron chi connectivity index (χ3n) is 3.90. The first kappa shape index (κ1) is 11.5. The summed E-state index contributed by atoms with van der Waals surface area (Å²) in [4.78, 5) is 14.4. The van der Waals surface area contributed by atoms with Gasteiger partial charge in [0, 0.05) is 0 Å². The Morgan fingerprint density at radius 2 is 2.00 bits per heavy atom. The highest BCUT2D eigenvalue weighted by Crippen LogP contribution is 2.35. The number of nitrogens with zero attached hydrogens (tertiary/aromatic N) is 1. The van der Waals surface area contributed by atoms with Gasteiger partial charge in [-0.1, -0.05) is 25.0 Å². The maximum absolute atomic E-state index is 12.6. The lowest BCUT2D eigenvalue weighted by Crippen LogP contribution is -2.55. The average molecular weight is 246 g/mol. The van der Waals surface area contributed by atoms with Crippen LogP contribution in [-0.4, -0.2) is 24.6 Å². The molecule has 1 aromatic rings. The second kappa shape index (κ2) is 4.28. The summed E-state index contributed by atoms with van der Waals surface area (Å²) in [6.45, 7) is 1.13. The Balaban J connectivity index is 1.92. The van der Waals surface area contributed by atoms with Crippen LogP contribution in [0.4, 0.5) is 5.69 Å². The molecule has 1 aromatic carbocycles. The fraction of sp³-hybridized carbons (Fsp3) is 0.500. The van der Waals surface area contributed by atoms with Gasteiger partial charge in [0.1, 0.15) is 12.4 Å². The first-order valence-corrected chi connectivity index (χ1v) is 6.53. The van der Waals surface area contributed by atoms with Crippen molar-refractivity contribution in [2.75, 3.05) is 18.1 Å². The molecule has 1 amide bonds. The molecule has 1 heterocycles. The van der Waals surface area contributed by atoms with E-state index < -0.39 is 5.54 Å². The van der Waals surface area contributed by atoms with E-state index in [0.29, 0.717) is 13.2 Å². The number of ether oxygens (including phenoxy) is 1. The van der Waals surface area contributed by atoms with Gasteiger partial charge in [-0.3, -0.25) is 4.79 Å². The van der Waals surface area contributed by atoms with Crippen LogP contribution in [0.15, 0.2) is 24.3 Å². The number of hydrogen-bond acceptors (Lipinski definition) is 3. The molecule has 0 saturated heterocycles. The molecular formula is C14H18N2O2. The number of anilines is 1. The lowest BCUT2D eigenvalue weighted by atomic mass is 9.96. The second-order valence-corrected chi connectivity index (χ2v) is 5.14. The van der Waals surface area contributed by atoms with Gasteiger partial charge in [-0.05, 0) is 25.0 Å². The monoisotopic (exact) mass is 246 g/mol. The van der Waals surface area contributed by atoms with Gasteiger partial charge in [-0.2, -0.15) is 0 Å². The molecule has 1 aliphatic carbocycles. The minimum atomic E-state index is -0.662. The van der Waals surface area contributed by atoms with Gasteiger partial charge in [-0.25, -0.2) is 0 Å². The number of para-hydroxylation sites is 2. The van der Waals surface area contributed by atoms with Gasteiger partial charge in [0.25, 0.3) is 0 Å². The van der Waals surface area contributed by atoms with Gasteiger partial charge in [-0.15, -0.1) is 0 Å². The van der Waals surface area contributed by atoms with E-state index in [2.05, 4.69) is 0 Å². The predicted octanol–water partition coefficient (Wildman–Crippen LogP) is 1.68. The number of benzene rings is 1. The maximum atomic E-state index is 12.6. The van der Waals surface area contributed by atoms with Crippen molar-refractivity contribution in [3.63, 3.8) is 0 Å². The van der Waals surface area contributed by atoms with Gasteiger partial charge >= 0.3 is 0 Å². The maximum Gasteiger partial charge on any atom is 0.247 e. The van der Waals surface area contributed by atoms with Gasteiger partial charge in [0.05, 0.1) is 17.8 Å². The van der Waals surface area contributed by atoms with Crippen LogP contribution in [0.25, 0.3) is 0 Å². The Kier molecular flexibility index (Phi) is 2.74. The molecule has 0 bridgehead atoms. The average Bonchev–Trinajstić information content (AvgIpc) is 2.85. The number of fused-ring (bicyclic) bond motifs is 1. The van der Waals surface area contributed by atoms with Crippen LogP contribution >= 0.6 is 0 Å². The van der Waals surface area contributed by atoms with Crippen molar-refractivity contribution in [2.24, 2.45) is 5.73 Å². The molecule has 4 heteroatoms. The summed E-state index contributed by atoms with van der Waals surface area (Å²) in [5.74, 6) is 0.828. The fourth-order valence-corrected chi connectivity index (χ4v) is 2.87. The lowest BCUT2D eigenvalue weighted by Gasteiger charge is -2.35. The van der Waals surface area contributed by atoms with Crippen LogP contribution in [0.3, 0.4) is 0 Å². The first-order valence-electron chi connectivity index (χ1n) is 6.53. The third-order valence-corrected chi connectivity index (χ3v) is 3.90. The summed E-state index contributed by atoms with van der Waals surface area (Å²) < 4.78 is 5.56. The zero-order chi connectivity index (χ0) is 12.6. The Morgan fingerprint density at radius 3 is 2.78 bits per heavy atom. The van der Waals surface area contributed by atoms with Crippen molar-refractivity contribution in [3.05, 3.63) is 24.3 Å². The molecule has 1 saturated carbocycles. The van der Waals surface area contributed by atoms with E-state index in [1.807, 2.05) is 24.3 Å². The SMILES string of the molecule is NC1(C(=O)N2CCOc3ccccc32)CCCC1. The summed E-state index contributed by atoms with van der Waals surface area (Å²) in [7, 11) is 0. The van der Waals surface area contributed by atoms with E-state index in [4.69, 9.17) is 10.5 Å². The molecule has 3 rings (SSSR count). The summed E-state index contributed by atoms with van der Waals surface area (Å²) >= 11 is 0. The molecule has 0 unspecified atom stereocenters. The van der Waals surface area contributed by atoms with Gasteiger partial charge < -0.3 is 15.4 Å². The van der Waals surface area contributed by atoms with Crippen LogP contribution < -0.4 is 15.4 Å². The Hall–Kier alpha value is -1.55. The molecule has 1 fully saturated rings. The van der Waals surface area contributed by atoms with E-state index in [9.17, 15) is 4.79 Å². The summed E-state index contributed by atoms with van der Waals surface area (Å²) in [6.07, 6.45) is 3.69. The number of rotatable bonds is 1. The smallest absolute Gasteiger partial charge is 0.247 e. The molecule has 2 N–H and O–H groups in total. The molecule has 96 valence electrons. The zero-order valence-electron chi connectivity index (χ0n) is 10.4. The van der Waals surface area contributed by atoms with Crippen molar-refractivity contribution in [1.29, 1.82) is 0 Å². The minimum Gasteiger partial charge on any atom is -0.490 e. The largest absolute Gasteiger partial charge is 0.490 e. The normalized spacial score (nSPS) is 21.3. The van der Waals surface area contributed by atoms with Crippen LogP contribution in [0.1, 0.15) is 25.7 Å². The van der Waals surface area contributed by atoms with E-state index >= 15 is 0 Å². The van der Waals surface area contributed by atoms with E-state index in [1.54, 1.807) is 4.90 Å². The third kappa shape index (κ3) is 1.77. The highest BCUT2D eigenvalue weighted by Gasteiger charge is 2.41. The summed E-state index contributed by atoms with van der Waals surface area (Å²) in [6, 6.07) is 7.66. The van der Waals surface area contributed by atoms with Crippen molar-refractivity contribution in [2.45, 2.75) is 31.2 Å². The fourth-order valence-electron chi connectivity index (χ4n) is 2.87. The van der Waals surface area contributed by atoms with Crippen molar-refractivity contribution < 1.29 is 9.53 Å². The molecular weight excluding hydrogens is 228 g/mol. The number of amides is 1. The lowest BCUT2D eigenvalue weighted by molar-refractivity contribution is -0.123. The molecule has 0 radical (unpaired) electrons. The molecule has 4 nitrogen and oxygen atoms in total. The van der Waals surface area contributed by atoms with E-state index in [-0.39, 0.29) is 5.91 Å². The first-order chi connectivity index (χ1) is 8.71. The van der Waals surface area contributed by atoms with Crippen LogP contribution in [-0.2, 0) is 4.79 Å². The van der Waals surface area contributed by atoms with Crippen molar-refractivity contribution in [1.82, 2.24) is 0 Å². The van der Waals surface area contributed by atoms with Crippen molar-refractivity contribution >= 4 is 11.6 Å². The predicted molar refractivity (Wildman–Crippen MR) is 69.7 cm³/mol. The molecule has 0 spiro atoms. The summed E-state index contributed by atoms with van der Waals surface area (Å²) in [5.41, 5.74) is 6.45. The van der Waals surface area contributed by atoms with Gasteiger partial charge in [0.2, 0.25) is 5.91 Å². The minimum absolute atomic E-state index is 0.0516. The molecule has 1 aliphatic heterocycles. The van der Waals surface area contributed by atoms with Crippen molar-refractivity contribution in [3.8, 4) is 5.75 Å². The van der Waals surface area contributed by atoms with Crippen LogP contribution in [0.2, 0.25) is 0 Å². The number of hydrogen-bond donors (Lipinski definition) is 1. The Labute approximate surface area is 107 Å². The second-order valence-electron chi connectivity index (χ2n) is 5.14. The Bertz CT molecular complexity index is 467. The number of carbonyl (C=O) groups excluding carboxylic acids is 1. The number of nitrogens with two attached hydrogens (primary N) is 1. The standard InChI is InChI=1S/C14H18N2O2/c15-14(7-3-4-8-14)13(17)16-9-10-18-12-6-2-1-5-11(12)16/h1-2,5-6H,3-4,7-10,15H2. The quantitative estimate of drug-likeness (QED) is 0.820. The molecule has 18 heavy (non-hydrogen) atoms. The van der Waals surface area contributed by atoms with Crippen LogP contribution in [0, 0.1) is 0 Å². The summed E-state index contributed by atoms with van der Waals surface area (Å²) in [5, 5.41) is 0.